The minimum Gasteiger partial charge on any atom is -0.480 e. The third-order valence-corrected chi connectivity index (χ3v) is 4.51. The van der Waals surface area contributed by atoms with Gasteiger partial charge in [0, 0.05) is 16.8 Å². The molecule has 4 aromatic rings. The molecule has 2 N–H and O–H groups in total. The fourth-order valence-electron chi connectivity index (χ4n) is 2.86. The fourth-order valence-corrected chi connectivity index (χ4v) is 3.05. The van der Waals surface area contributed by atoms with Crippen LogP contribution in [0.5, 0.6) is 0 Å². The SMILES string of the molecule is Cc1ccc(-n2nnnc2-c2cnc(NCC(=O)O)nc2-c2cccc(Cl)c2)cc1. The second-order valence-corrected chi connectivity index (χ2v) is 6.90. The second kappa shape index (κ2) is 8.26. The number of hydrogen-bond donors (Lipinski definition) is 2. The summed E-state index contributed by atoms with van der Waals surface area (Å²) in [5, 5.41) is 24.2. The maximum atomic E-state index is 10.9. The minimum absolute atomic E-state index is 0.172. The van der Waals surface area contributed by atoms with Gasteiger partial charge in [0.05, 0.1) is 16.9 Å². The highest BCUT2D eigenvalue weighted by molar-refractivity contribution is 6.30. The van der Waals surface area contributed by atoms with Gasteiger partial charge in [-0.1, -0.05) is 41.4 Å². The molecule has 10 heteroatoms. The largest absolute Gasteiger partial charge is 0.480 e. The molecule has 0 fully saturated rings. The number of halogens is 1. The first-order valence-corrected chi connectivity index (χ1v) is 9.33. The van der Waals surface area contributed by atoms with Crippen molar-refractivity contribution in [1.29, 1.82) is 0 Å². The average molecular weight is 422 g/mol. The molecule has 0 unspecified atom stereocenters. The van der Waals surface area contributed by atoms with E-state index in [1.807, 2.05) is 37.3 Å². The smallest absolute Gasteiger partial charge is 0.322 e. The molecule has 0 saturated heterocycles. The Labute approximate surface area is 176 Å². The summed E-state index contributed by atoms with van der Waals surface area (Å²) in [5.74, 6) is -0.403. The van der Waals surface area contributed by atoms with Crippen molar-refractivity contribution in [1.82, 2.24) is 30.2 Å². The van der Waals surface area contributed by atoms with E-state index in [0.29, 0.717) is 22.1 Å². The molecule has 4 rings (SSSR count). The molecule has 0 spiro atoms. The van der Waals surface area contributed by atoms with Crippen LogP contribution in [-0.4, -0.2) is 47.8 Å². The molecular formula is C20H16ClN7O2. The number of carboxylic acid groups (broad SMARTS) is 1. The molecule has 2 aromatic heterocycles. The number of aromatic nitrogens is 6. The molecule has 0 aliphatic rings. The topological polar surface area (TPSA) is 119 Å². The molecule has 9 nitrogen and oxygen atoms in total. The lowest BCUT2D eigenvalue weighted by atomic mass is 10.1. The van der Waals surface area contributed by atoms with Gasteiger partial charge in [-0.05, 0) is 41.6 Å². The molecule has 0 amide bonds. The molecule has 0 atom stereocenters. The molecule has 0 aliphatic carbocycles. The van der Waals surface area contributed by atoms with Crippen LogP contribution >= 0.6 is 11.6 Å². The summed E-state index contributed by atoms with van der Waals surface area (Å²) in [6.07, 6.45) is 1.56. The summed E-state index contributed by atoms with van der Waals surface area (Å²) in [4.78, 5) is 19.6. The first kappa shape index (κ1) is 19.5. The van der Waals surface area contributed by atoms with Crippen molar-refractivity contribution < 1.29 is 9.90 Å². The maximum absolute atomic E-state index is 10.9. The Morgan fingerprint density at radius 3 is 2.73 bits per heavy atom. The van der Waals surface area contributed by atoms with Gasteiger partial charge in [-0.3, -0.25) is 4.79 Å². The van der Waals surface area contributed by atoms with E-state index in [9.17, 15) is 4.79 Å². The van der Waals surface area contributed by atoms with E-state index in [2.05, 4.69) is 30.8 Å². The number of anilines is 1. The van der Waals surface area contributed by atoms with Gasteiger partial charge in [0.2, 0.25) is 5.95 Å². The van der Waals surface area contributed by atoms with Crippen LogP contribution in [0.15, 0.2) is 54.7 Å². The van der Waals surface area contributed by atoms with Gasteiger partial charge in [-0.2, -0.15) is 4.68 Å². The molecule has 2 heterocycles. The van der Waals surface area contributed by atoms with Crippen LogP contribution in [0.2, 0.25) is 5.02 Å². The molecule has 150 valence electrons. The van der Waals surface area contributed by atoms with Crippen LogP contribution in [0.1, 0.15) is 5.56 Å². The van der Waals surface area contributed by atoms with E-state index in [-0.39, 0.29) is 12.5 Å². The fraction of sp³-hybridized carbons (Fsp3) is 0.100. The number of nitrogens with zero attached hydrogens (tertiary/aromatic N) is 6. The standard InChI is InChI=1S/C20H16ClN7O2/c1-12-5-7-15(8-6-12)28-19(25-26-27-28)16-10-22-20(23-11-17(29)30)24-18(16)13-3-2-4-14(21)9-13/h2-10H,11H2,1H3,(H,29,30)(H,22,23,24). The number of aliphatic carboxylic acids is 1. The number of rotatable bonds is 6. The quantitative estimate of drug-likeness (QED) is 0.487. The van der Waals surface area contributed by atoms with Gasteiger partial charge in [0.1, 0.15) is 6.54 Å². The first-order chi connectivity index (χ1) is 14.5. The van der Waals surface area contributed by atoms with Crippen LogP contribution < -0.4 is 5.32 Å². The highest BCUT2D eigenvalue weighted by Gasteiger charge is 2.19. The summed E-state index contributed by atoms with van der Waals surface area (Å²) in [7, 11) is 0. The highest BCUT2D eigenvalue weighted by Crippen LogP contribution is 2.31. The van der Waals surface area contributed by atoms with Crippen molar-refractivity contribution in [2.45, 2.75) is 6.92 Å². The number of hydrogen-bond acceptors (Lipinski definition) is 7. The van der Waals surface area contributed by atoms with Crippen molar-refractivity contribution in [2.75, 3.05) is 11.9 Å². The van der Waals surface area contributed by atoms with Crippen LogP contribution in [0, 0.1) is 6.92 Å². The summed E-state index contributed by atoms with van der Waals surface area (Å²) < 4.78 is 1.59. The van der Waals surface area contributed by atoms with Gasteiger partial charge in [-0.15, -0.1) is 5.10 Å². The van der Waals surface area contributed by atoms with Crippen molar-refractivity contribution in [3.05, 3.63) is 65.3 Å². The molecule has 0 bridgehead atoms. The summed E-state index contributed by atoms with van der Waals surface area (Å²) in [5.41, 5.74) is 3.71. The molecule has 0 saturated carbocycles. The van der Waals surface area contributed by atoms with E-state index < -0.39 is 5.97 Å². The van der Waals surface area contributed by atoms with Crippen molar-refractivity contribution in [3.8, 4) is 28.3 Å². The van der Waals surface area contributed by atoms with Gasteiger partial charge in [0.15, 0.2) is 5.82 Å². The number of nitrogens with one attached hydrogen (secondary N) is 1. The maximum Gasteiger partial charge on any atom is 0.322 e. The molecule has 0 aliphatic heterocycles. The second-order valence-electron chi connectivity index (χ2n) is 6.46. The Morgan fingerprint density at radius 2 is 2.00 bits per heavy atom. The molecule has 2 aromatic carbocycles. The van der Waals surface area contributed by atoms with Crippen LogP contribution in [-0.2, 0) is 4.79 Å². The Morgan fingerprint density at radius 1 is 1.20 bits per heavy atom. The lowest BCUT2D eigenvalue weighted by Crippen LogP contribution is -2.14. The summed E-state index contributed by atoms with van der Waals surface area (Å²) in [6.45, 7) is 1.69. The van der Waals surface area contributed by atoms with E-state index in [0.717, 1.165) is 16.8 Å². The number of carboxylic acids is 1. The third-order valence-electron chi connectivity index (χ3n) is 4.27. The normalized spacial score (nSPS) is 10.7. The Balaban J connectivity index is 1.85. The summed E-state index contributed by atoms with van der Waals surface area (Å²) in [6, 6.07) is 14.9. The third kappa shape index (κ3) is 4.11. The monoisotopic (exact) mass is 421 g/mol. The zero-order valence-electron chi connectivity index (χ0n) is 15.8. The van der Waals surface area contributed by atoms with E-state index in [1.54, 1.807) is 29.1 Å². The van der Waals surface area contributed by atoms with Crippen LogP contribution in [0.25, 0.3) is 28.3 Å². The molecular weight excluding hydrogens is 406 g/mol. The molecule has 30 heavy (non-hydrogen) atoms. The van der Waals surface area contributed by atoms with E-state index >= 15 is 0 Å². The number of benzene rings is 2. The van der Waals surface area contributed by atoms with Gasteiger partial charge in [-0.25, -0.2) is 9.97 Å². The van der Waals surface area contributed by atoms with Crippen molar-refractivity contribution in [2.24, 2.45) is 0 Å². The number of aryl methyl sites for hydroxylation is 1. The van der Waals surface area contributed by atoms with Gasteiger partial charge < -0.3 is 10.4 Å². The van der Waals surface area contributed by atoms with Crippen LogP contribution in [0.4, 0.5) is 5.95 Å². The molecule has 0 radical (unpaired) electrons. The Bertz CT molecular complexity index is 1210. The zero-order chi connectivity index (χ0) is 21.1. The lowest BCUT2D eigenvalue weighted by Gasteiger charge is -2.11. The van der Waals surface area contributed by atoms with Crippen molar-refractivity contribution in [3.63, 3.8) is 0 Å². The number of carbonyl (C=O) groups is 1. The van der Waals surface area contributed by atoms with Gasteiger partial charge in [0.25, 0.3) is 0 Å². The van der Waals surface area contributed by atoms with Crippen LogP contribution in [0.3, 0.4) is 0 Å². The predicted octanol–water partition coefficient (Wildman–Crippen LogP) is 3.24. The Hall–Kier alpha value is -3.85. The average Bonchev–Trinajstić information content (AvgIpc) is 3.22. The highest BCUT2D eigenvalue weighted by atomic mass is 35.5. The lowest BCUT2D eigenvalue weighted by molar-refractivity contribution is -0.134. The predicted molar refractivity (Wildman–Crippen MR) is 111 cm³/mol. The zero-order valence-corrected chi connectivity index (χ0v) is 16.6. The van der Waals surface area contributed by atoms with Crippen molar-refractivity contribution >= 4 is 23.5 Å². The van der Waals surface area contributed by atoms with E-state index in [1.165, 1.54) is 0 Å². The minimum atomic E-state index is -1.02. The summed E-state index contributed by atoms with van der Waals surface area (Å²) >= 11 is 6.17. The van der Waals surface area contributed by atoms with Gasteiger partial charge >= 0.3 is 5.97 Å². The number of tetrazole rings is 1. The Kier molecular flexibility index (Phi) is 5.36. The van der Waals surface area contributed by atoms with E-state index in [4.69, 9.17) is 16.7 Å². The first-order valence-electron chi connectivity index (χ1n) is 8.96.